The normalized spacial score (nSPS) is 35.6. The zero-order valence-corrected chi connectivity index (χ0v) is 10.8. The van der Waals surface area contributed by atoms with Gasteiger partial charge in [-0.3, -0.25) is 0 Å². The second-order valence-corrected chi connectivity index (χ2v) is 5.30. The summed E-state index contributed by atoms with van der Waals surface area (Å²) in [7, 11) is 1.72. The van der Waals surface area contributed by atoms with Gasteiger partial charge >= 0.3 is 0 Å². The third-order valence-electron chi connectivity index (χ3n) is 4.21. The van der Waals surface area contributed by atoms with Gasteiger partial charge in [-0.15, -0.1) is 0 Å². The Kier molecular flexibility index (Phi) is 4.79. The summed E-state index contributed by atoms with van der Waals surface area (Å²) in [6, 6.07) is 0. The summed E-state index contributed by atoms with van der Waals surface area (Å²) in [5, 5.41) is 0. The Morgan fingerprint density at radius 3 is 2.76 bits per heavy atom. The molecule has 2 bridgehead atoms. The van der Waals surface area contributed by atoms with E-state index in [9.17, 15) is 0 Å². The van der Waals surface area contributed by atoms with Gasteiger partial charge in [-0.25, -0.2) is 0 Å². The number of ether oxygens (including phenoxy) is 3. The molecule has 100 valence electrons. The Bertz CT molecular complexity index is 237. The molecule has 4 nitrogen and oxygen atoms in total. The van der Waals surface area contributed by atoms with Crippen molar-refractivity contribution in [1.29, 1.82) is 0 Å². The number of hydrogen-bond donors (Lipinski definition) is 1. The maximum atomic E-state index is 5.96. The Hall–Kier alpha value is -0.160. The fraction of sp³-hybridized carbons (Fsp3) is 1.00. The molecule has 0 spiro atoms. The van der Waals surface area contributed by atoms with E-state index >= 15 is 0 Å². The van der Waals surface area contributed by atoms with Crippen LogP contribution in [0.15, 0.2) is 0 Å². The van der Waals surface area contributed by atoms with Gasteiger partial charge in [-0.1, -0.05) is 0 Å². The van der Waals surface area contributed by atoms with Crippen molar-refractivity contribution < 1.29 is 14.2 Å². The predicted molar refractivity (Wildman–Crippen MR) is 65.9 cm³/mol. The summed E-state index contributed by atoms with van der Waals surface area (Å²) >= 11 is 0. The van der Waals surface area contributed by atoms with E-state index in [2.05, 4.69) is 0 Å². The Balaban J connectivity index is 1.66. The smallest absolute Gasteiger partial charge is 0.0649 e. The highest BCUT2D eigenvalue weighted by Gasteiger charge is 2.50. The quantitative estimate of drug-likeness (QED) is 0.653. The maximum Gasteiger partial charge on any atom is 0.0649 e. The third kappa shape index (κ3) is 2.99. The molecule has 2 rings (SSSR count). The van der Waals surface area contributed by atoms with Crippen molar-refractivity contribution in [3.05, 3.63) is 0 Å². The van der Waals surface area contributed by atoms with Crippen molar-refractivity contribution in [1.82, 2.24) is 0 Å². The molecule has 2 fully saturated rings. The van der Waals surface area contributed by atoms with Crippen molar-refractivity contribution in [3.8, 4) is 0 Å². The van der Waals surface area contributed by atoms with Gasteiger partial charge in [0.2, 0.25) is 0 Å². The summed E-state index contributed by atoms with van der Waals surface area (Å²) < 4.78 is 16.5. The molecule has 2 heterocycles. The van der Waals surface area contributed by atoms with Crippen LogP contribution in [-0.2, 0) is 14.2 Å². The Labute approximate surface area is 104 Å². The molecule has 17 heavy (non-hydrogen) atoms. The molecule has 2 saturated heterocycles. The minimum atomic E-state index is 0.199. The summed E-state index contributed by atoms with van der Waals surface area (Å²) in [5.74, 6) is 0. The second kappa shape index (κ2) is 6.14. The van der Waals surface area contributed by atoms with Crippen molar-refractivity contribution in [2.45, 2.75) is 44.3 Å². The first-order valence-electron chi connectivity index (χ1n) is 6.73. The van der Waals surface area contributed by atoms with Crippen LogP contribution in [0, 0.1) is 5.41 Å². The topological polar surface area (TPSA) is 53.7 Å². The molecule has 2 N–H and O–H groups in total. The maximum absolute atomic E-state index is 5.96. The summed E-state index contributed by atoms with van der Waals surface area (Å²) in [6.45, 7) is 3.09. The molecule has 0 aliphatic carbocycles. The first-order valence-corrected chi connectivity index (χ1v) is 6.73. The van der Waals surface area contributed by atoms with Gasteiger partial charge in [0.05, 0.1) is 12.2 Å². The van der Waals surface area contributed by atoms with Crippen LogP contribution in [0.25, 0.3) is 0 Å². The van der Waals surface area contributed by atoms with E-state index in [0.29, 0.717) is 12.2 Å². The molecule has 3 unspecified atom stereocenters. The van der Waals surface area contributed by atoms with E-state index in [1.165, 1.54) is 12.8 Å². The largest absolute Gasteiger partial charge is 0.385 e. The van der Waals surface area contributed by atoms with Crippen LogP contribution < -0.4 is 5.73 Å². The SMILES string of the molecule is COCCCOCCC1(CN)CC2CCC1O2. The lowest BCUT2D eigenvalue weighted by Crippen LogP contribution is -2.40. The van der Waals surface area contributed by atoms with Gasteiger partial charge < -0.3 is 19.9 Å². The Morgan fingerprint density at radius 2 is 2.18 bits per heavy atom. The lowest BCUT2D eigenvalue weighted by Gasteiger charge is -2.34. The highest BCUT2D eigenvalue weighted by Crippen LogP contribution is 2.49. The van der Waals surface area contributed by atoms with Crippen LogP contribution in [-0.4, -0.2) is 45.7 Å². The van der Waals surface area contributed by atoms with Crippen LogP contribution in [0.1, 0.15) is 32.1 Å². The van der Waals surface area contributed by atoms with Gasteiger partial charge in [-0.05, 0) is 32.1 Å². The standard InChI is InChI=1S/C13H25NO3/c1-15-6-2-7-16-8-5-13(10-14)9-11-3-4-12(13)17-11/h11-12H,2-10,14H2,1H3. The molecular formula is C13H25NO3. The summed E-state index contributed by atoms with van der Waals surface area (Å²) in [6.07, 6.45) is 6.41. The fourth-order valence-corrected chi connectivity index (χ4v) is 3.15. The van der Waals surface area contributed by atoms with Gasteiger partial charge in [0, 0.05) is 38.9 Å². The predicted octanol–water partition coefficient (Wildman–Crippen LogP) is 1.33. The molecule has 2 aliphatic heterocycles. The highest BCUT2D eigenvalue weighted by atomic mass is 16.5. The van der Waals surface area contributed by atoms with Crippen molar-refractivity contribution in [2.24, 2.45) is 11.1 Å². The zero-order chi connectivity index (χ0) is 12.1. The van der Waals surface area contributed by atoms with E-state index in [4.69, 9.17) is 19.9 Å². The van der Waals surface area contributed by atoms with Crippen molar-refractivity contribution in [3.63, 3.8) is 0 Å². The molecule has 0 saturated carbocycles. The van der Waals surface area contributed by atoms with E-state index < -0.39 is 0 Å². The molecule has 2 aliphatic rings. The summed E-state index contributed by atoms with van der Waals surface area (Å²) in [5.41, 5.74) is 6.16. The molecular weight excluding hydrogens is 218 g/mol. The van der Waals surface area contributed by atoms with Crippen LogP contribution in [0.3, 0.4) is 0 Å². The number of nitrogens with two attached hydrogens (primary N) is 1. The zero-order valence-electron chi connectivity index (χ0n) is 10.8. The van der Waals surface area contributed by atoms with Crippen molar-refractivity contribution >= 4 is 0 Å². The minimum Gasteiger partial charge on any atom is -0.385 e. The lowest BCUT2D eigenvalue weighted by molar-refractivity contribution is 0.0328. The molecule has 4 heteroatoms. The van der Waals surface area contributed by atoms with Gasteiger partial charge in [0.1, 0.15) is 0 Å². The number of rotatable bonds is 8. The van der Waals surface area contributed by atoms with Gasteiger partial charge in [0.25, 0.3) is 0 Å². The average Bonchev–Trinajstić information content (AvgIpc) is 2.94. The van der Waals surface area contributed by atoms with Crippen LogP contribution in [0.5, 0.6) is 0 Å². The van der Waals surface area contributed by atoms with Gasteiger partial charge in [-0.2, -0.15) is 0 Å². The molecule has 0 aromatic rings. The van der Waals surface area contributed by atoms with Gasteiger partial charge in [0.15, 0.2) is 0 Å². The minimum absolute atomic E-state index is 0.199. The van der Waals surface area contributed by atoms with Crippen molar-refractivity contribution in [2.75, 3.05) is 33.5 Å². The molecule has 0 aromatic heterocycles. The first-order chi connectivity index (χ1) is 8.30. The number of fused-ring (bicyclic) bond motifs is 2. The third-order valence-corrected chi connectivity index (χ3v) is 4.21. The number of hydrogen-bond acceptors (Lipinski definition) is 4. The highest BCUT2D eigenvalue weighted by molar-refractivity contribution is 5.01. The first kappa shape index (κ1) is 13.3. The number of methoxy groups -OCH3 is 1. The van der Waals surface area contributed by atoms with Crippen LogP contribution in [0.2, 0.25) is 0 Å². The average molecular weight is 243 g/mol. The van der Waals surface area contributed by atoms with Crippen LogP contribution >= 0.6 is 0 Å². The van der Waals surface area contributed by atoms with E-state index in [-0.39, 0.29) is 5.41 Å². The van der Waals surface area contributed by atoms with E-state index in [0.717, 1.165) is 45.6 Å². The monoisotopic (exact) mass is 243 g/mol. The summed E-state index contributed by atoms with van der Waals surface area (Å²) in [4.78, 5) is 0. The molecule has 0 radical (unpaired) electrons. The lowest BCUT2D eigenvalue weighted by atomic mass is 9.72. The fourth-order valence-electron chi connectivity index (χ4n) is 3.15. The van der Waals surface area contributed by atoms with E-state index in [1.54, 1.807) is 7.11 Å². The van der Waals surface area contributed by atoms with E-state index in [1.807, 2.05) is 0 Å². The Morgan fingerprint density at radius 1 is 1.29 bits per heavy atom. The van der Waals surface area contributed by atoms with Crippen LogP contribution in [0.4, 0.5) is 0 Å². The molecule has 3 atom stereocenters. The molecule has 0 aromatic carbocycles. The second-order valence-electron chi connectivity index (χ2n) is 5.30. The molecule has 0 amide bonds.